The van der Waals surface area contributed by atoms with Crippen LogP contribution in [-0.4, -0.2) is 36.5 Å². The third-order valence-electron chi connectivity index (χ3n) is 5.00. The van der Waals surface area contributed by atoms with E-state index in [1.165, 1.54) is 11.8 Å². The molecule has 0 aliphatic carbocycles. The Balaban J connectivity index is 1.47. The fraction of sp³-hybridized carbons (Fsp3) is 0.304. The average molecular weight is 423 g/mol. The molecule has 162 valence electrons. The highest BCUT2D eigenvalue weighted by Crippen LogP contribution is 2.26. The Hall–Kier alpha value is -3.68. The Bertz CT molecular complexity index is 959. The Morgan fingerprint density at radius 1 is 1.10 bits per heavy atom. The molecule has 0 spiro atoms. The van der Waals surface area contributed by atoms with E-state index >= 15 is 0 Å². The van der Waals surface area contributed by atoms with Gasteiger partial charge in [-0.05, 0) is 31.5 Å². The predicted octanol–water partition coefficient (Wildman–Crippen LogP) is 2.31. The van der Waals surface area contributed by atoms with Gasteiger partial charge in [-0.15, -0.1) is 0 Å². The number of anilines is 1. The minimum atomic E-state index is -1.17. The van der Waals surface area contributed by atoms with Crippen molar-refractivity contribution in [3.63, 3.8) is 0 Å². The number of hydrogen-bond donors (Lipinski definition) is 2. The van der Waals surface area contributed by atoms with Crippen LogP contribution >= 0.6 is 0 Å². The molecule has 0 bridgehead atoms. The Labute approximate surface area is 180 Å². The standard InChI is InChI=1S/C23H25N3O5/c1-15-8-10-19(11-9-15)26-14-18(12-20(26)27)22(29)31-16(2)21(28)25-23(30)24-13-17-6-4-3-5-7-17/h3-11,16,18H,12-14H2,1-2H3,(H2,24,25,28,30)/t16-,18+/m0/s1. The van der Waals surface area contributed by atoms with Gasteiger partial charge in [0.25, 0.3) is 5.91 Å². The lowest BCUT2D eigenvalue weighted by Crippen LogP contribution is -2.45. The molecule has 1 aliphatic heterocycles. The zero-order valence-electron chi connectivity index (χ0n) is 17.5. The van der Waals surface area contributed by atoms with E-state index in [2.05, 4.69) is 10.6 Å². The molecule has 1 heterocycles. The van der Waals surface area contributed by atoms with Gasteiger partial charge in [0.05, 0.1) is 5.92 Å². The molecule has 2 aromatic carbocycles. The van der Waals surface area contributed by atoms with Gasteiger partial charge in [-0.3, -0.25) is 19.7 Å². The van der Waals surface area contributed by atoms with Crippen LogP contribution in [0.2, 0.25) is 0 Å². The highest BCUT2D eigenvalue weighted by molar-refractivity contribution is 6.00. The summed E-state index contributed by atoms with van der Waals surface area (Å²) in [6.45, 7) is 3.77. The quantitative estimate of drug-likeness (QED) is 0.694. The fourth-order valence-electron chi connectivity index (χ4n) is 3.20. The number of carbonyl (C=O) groups excluding carboxylic acids is 4. The number of carbonyl (C=O) groups is 4. The van der Waals surface area contributed by atoms with Crippen LogP contribution in [0.4, 0.5) is 10.5 Å². The van der Waals surface area contributed by atoms with E-state index in [4.69, 9.17) is 4.74 Å². The van der Waals surface area contributed by atoms with Crippen LogP contribution in [0.25, 0.3) is 0 Å². The maximum Gasteiger partial charge on any atom is 0.321 e. The number of urea groups is 1. The predicted molar refractivity (Wildman–Crippen MR) is 114 cm³/mol. The molecule has 8 nitrogen and oxygen atoms in total. The van der Waals surface area contributed by atoms with Gasteiger partial charge in [0.1, 0.15) is 0 Å². The van der Waals surface area contributed by atoms with Gasteiger partial charge in [0, 0.05) is 25.2 Å². The first-order valence-electron chi connectivity index (χ1n) is 10.0. The SMILES string of the molecule is Cc1ccc(N2C[C@H](C(=O)O[C@@H](C)C(=O)NC(=O)NCc3ccccc3)CC2=O)cc1. The highest BCUT2D eigenvalue weighted by Gasteiger charge is 2.37. The zero-order valence-corrected chi connectivity index (χ0v) is 17.5. The van der Waals surface area contributed by atoms with Gasteiger partial charge in [-0.1, -0.05) is 48.0 Å². The van der Waals surface area contributed by atoms with Crippen molar-refractivity contribution in [2.45, 2.75) is 32.9 Å². The van der Waals surface area contributed by atoms with Crippen molar-refractivity contribution in [1.29, 1.82) is 0 Å². The number of hydrogen-bond acceptors (Lipinski definition) is 5. The number of rotatable bonds is 6. The van der Waals surface area contributed by atoms with Crippen LogP contribution in [-0.2, 0) is 25.7 Å². The van der Waals surface area contributed by atoms with Crippen LogP contribution in [0.3, 0.4) is 0 Å². The smallest absolute Gasteiger partial charge is 0.321 e. The second-order valence-corrected chi connectivity index (χ2v) is 7.48. The number of amides is 4. The van der Waals surface area contributed by atoms with Crippen molar-refractivity contribution >= 4 is 29.5 Å². The summed E-state index contributed by atoms with van der Waals surface area (Å²) in [4.78, 5) is 50.4. The van der Waals surface area contributed by atoms with Crippen molar-refractivity contribution < 1.29 is 23.9 Å². The minimum absolute atomic E-state index is 0.0125. The fourth-order valence-corrected chi connectivity index (χ4v) is 3.20. The molecule has 4 amide bonds. The van der Waals surface area contributed by atoms with Crippen molar-refractivity contribution in [1.82, 2.24) is 10.6 Å². The molecule has 0 unspecified atom stereocenters. The van der Waals surface area contributed by atoms with Crippen LogP contribution in [0.1, 0.15) is 24.5 Å². The molecule has 1 saturated heterocycles. The van der Waals surface area contributed by atoms with E-state index in [9.17, 15) is 19.2 Å². The summed E-state index contributed by atoms with van der Waals surface area (Å²) in [6.07, 6.45) is -1.16. The molecule has 1 aliphatic rings. The molecular formula is C23H25N3O5. The van der Waals surface area contributed by atoms with Crippen molar-refractivity contribution in [2.24, 2.45) is 5.92 Å². The lowest BCUT2D eigenvalue weighted by Gasteiger charge is -2.18. The summed E-state index contributed by atoms with van der Waals surface area (Å²) in [5.74, 6) is -2.23. The first-order valence-corrected chi connectivity index (χ1v) is 10.0. The number of aryl methyl sites for hydroxylation is 1. The van der Waals surface area contributed by atoms with E-state index in [1.807, 2.05) is 61.5 Å². The van der Waals surface area contributed by atoms with Gasteiger partial charge in [-0.25, -0.2) is 4.79 Å². The average Bonchev–Trinajstić information content (AvgIpc) is 3.15. The molecule has 0 aromatic heterocycles. The second kappa shape index (κ2) is 9.88. The topological polar surface area (TPSA) is 105 Å². The van der Waals surface area contributed by atoms with E-state index in [1.54, 1.807) is 0 Å². The molecule has 2 atom stereocenters. The van der Waals surface area contributed by atoms with Crippen LogP contribution in [0, 0.1) is 12.8 Å². The van der Waals surface area contributed by atoms with Gasteiger partial charge in [-0.2, -0.15) is 0 Å². The highest BCUT2D eigenvalue weighted by atomic mass is 16.5. The van der Waals surface area contributed by atoms with E-state index in [-0.39, 0.29) is 25.4 Å². The van der Waals surface area contributed by atoms with Crippen molar-refractivity contribution in [3.05, 3.63) is 65.7 Å². The van der Waals surface area contributed by atoms with Gasteiger partial charge in [0.15, 0.2) is 6.10 Å². The number of nitrogens with one attached hydrogen (secondary N) is 2. The summed E-state index contributed by atoms with van der Waals surface area (Å²) in [5, 5.41) is 4.72. The second-order valence-electron chi connectivity index (χ2n) is 7.48. The van der Waals surface area contributed by atoms with Crippen LogP contribution in [0.5, 0.6) is 0 Å². The third-order valence-corrected chi connectivity index (χ3v) is 5.00. The molecule has 0 radical (unpaired) electrons. The molecule has 31 heavy (non-hydrogen) atoms. The van der Waals surface area contributed by atoms with E-state index < -0.39 is 29.9 Å². The number of benzene rings is 2. The summed E-state index contributed by atoms with van der Waals surface area (Å²) in [5.41, 5.74) is 2.67. The summed E-state index contributed by atoms with van der Waals surface area (Å²) in [6, 6.07) is 16.0. The summed E-state index contributed by atoms with van der Waals surface area (Å²) in [7, 11) is 0. The van der Waals surface area contributed by atoms with E-state index in [0.29, 0.717) is 5.69 Å². The van der Waals surface area contributed by atoms with Crippen molar-refractivity contribution in [3.8, 4) is 0 Å². The van der Waals surface area contributed by atoms with Crippen molar-refractivity contribution in [2.75, 3.05) is 11.4 Å². The van der Waals surface area contributed by atoms with Gasteiger partial charge < -0.3 is 15.0 Å². The molecule has 0 saturated carbocycles. The number of nitrogens with zero attached hydrogens (tertiary/aromatic N) is 1. The Morgan fingerprint density at radius 3 is 2.45 bits per heavy atom. The maximum absolute atomic E-state index is 12.5. The zero-order chi connectivity index (χ0) is 22.4. The monoisotopic (exact) mass is 423 g/mol. The first-order chi connectivity index (χ1) is 14.8. The maximum atomic E-state index is 12.5. The normalized spacial score (nSPS) is 16.5. The summed E-state index contributed by atoms with van der Waals surface area (Å²) >= 11 is 0. The lowest BCUT2D eigenvalue weighted by molar-refractivity contribution is -0.158. The van der Waals surface area contributed by atoms with Crippen LogP contribution in [0.15, 0.2) is 54.6 Å². The number of esters is 1. The van der Waals surface area contributed by atoms with Gasteiger partial charge >= 0.3 is 12.0 Å². The number of imide groups is 1. The molecule has 2 N–H and O–H groups in total. The molecule has 1 fully saturated rings. The molecule has 2 aromatic rings. The summed E-state index contributed by atoms with van der Waals surface area (Å²) < 4.78 is 5.20. The molecule has 8 heteroatoms. The Kier molecular flexibility index (Phi) is 7.02. The minimum Gasteiger partial charge on any atom is -0.452 e. The lowest BCUT2D eigenvalue weighted by atomic mass is 10.1. The first kappa shape index (κ1) is 22.0. The third kappa shape index (κ3) is 5.91. The van der Waals surface area contributed by atoms with Gasteiger partial charge in [0.2, 0.25) is 5.91 Å². The molecule has 3 rings (SSSR count). The number of ether oxygens (including phenoxy) is 1. The van der Waals surface area contributed by atoms with Crippen LogP contribution < -0.4 is 15.5 Å². The largest absolute Gasteiger partial charge is 0.452 e. The molecular weight excluding hydrogens is 398 g/mol. The van der Waals surface area contributed by atoms with E-state index in [0.717, 1.165) is 11.1 Å². The Morgan fingerprint density at radius 2 is 1.77 bits per heavy atom.